The Kier molecular flexibility index (Phi) is 4.48. The lowest BCUT2D eigenvalue weighted by atomic mass is 10.1. The maximum absolute atomic E-state index is 12.2. The SMILES string of the molecule is N#Cc1ccc(C(=O)NCCc2csc3nc(-c4cccs4)nn23)cc1. The molecule has 1 N–H and O–H groups in total. The standard InChI is InChI=1S/C18H13N5OS2/c19-10-12-3-5-13(6-4-12)17(24)20-8-7-14-11-26-18-21-16(22-23(14)18)15-2-1-9-25-15/h1-6,9,11H,7-8H2,(H,20,24). The maximum Gasteiger partial charge on any atom is 0.251 e. The normalized spacial score (nSPS) is 10.7. The van der Waals surface area contributed by atoms with Crippen molar-refractivity contribution < 1.29 is 4.79 Å². The summed E-state index contributed by atoms with van der Waals surface area (Å²) in [6.45, 7) is 0.499. The van der Waals surface area contributed by atoms with Gasteiger partial charge in [-0.1, -0.05) is 6.07 Å². The number of carbonyl (C=O) groups is 1. The third-order valence-electron chi connectivity index (χ3n) is 3.83. The van der Waals surface area contributed by atoms with Gasteiger partial charge in [0, 0.05) is 23.9 Å². The highest BCUT2D eigenvalue weighted by Crippen LogP contribution is 2.24. The second kappa shape index (κ2) is 7.07. The van der Waals surface area contributed by atoms with Crippen LogP contribution in [-0.4, -0.2) is 27.0 Å². The molecule has 8 heteroatoms. The number of hydrogen-bond acceptors (Lipinski definition) is 6. The van der Waals surface area contributed by atoms with E-state index in [2.05, 4.69) is 15.4 Å². The lowest BCUT2D eigenvalue weighted by Crippen LogP contribution is -2.26. The van der Waals surface area contributed by atoms with Gasteiger partial charge in [0.25, 0.3) is 5.91 Å². The topological polar surface area (TPSA) is 83.1 Å². The first kappa shape index (κ1) is 16.4. The van der Waals surface area contributed by atoms with Gasteiger partial charge in [0.05, 0.1) is 22.2 Å². The summed E-state index contributed by atoms with van der Waals surface area (Å²) in [6, 6.07) is 12.6. The van der Waals surface area contributed by atoms with Crippen molar-refractivity contribution in [2.24, 2.45) is 0 Å². The van der Waals surface area contributed by atoms with Gasteiger partial charge in [0.15, 0.2) is 5.82 Å². The predicted octanol–water partition coefficient (Wildman–Crippen LogP) is 3.36. The molecule has 3 aromatic heterocycles. The molecule has 26 heavy (non-hydrogen) atoms. The van der Waals surface area contributed by atoms with E-state index in [9.17, 15) is 4.79 Å². The third kappa shape index (κ3) is 3.22. The molecule has 0 saturated carbocycles. The van der Waals surface area contributed by atoms with Crippen molar-refractivity contribution in [2.75, 3.05) is 6.54 Å². The lowest BCUT2D eigenvalue weighted by molar-refractivity contribution is 0.0954. The van der Waals surface area contributed by atoms with Crippen LogP contribution in [0.2, 0.25) is 0 Å². The molecular formula is C18H13N5OS2. The second-order valence-corrected chi connectivity index (χ2v) is 7.31. The Hall–Kier alpha value is -3.02. The number of rotatable bonds is 5. The minimum absolute atomic E-state index is 0.154. The van der Waals surface area contributed by atoms with Gasteiger partial charge in [-0.05, 0) is 35.7 Å². The Labute approximate surface area is 157 Å². The van der Waals surface area contributed by atoms with E-state index < -0.39 is 0 Å². The summed E-state index contributed by atoms with van der Waals surface area (Å²) in [4.78, 5) is 18.6. The Morgan fingerprint density at radius 1 is 1.23 bits per heavy atom. The monoisotopic (exact) mass is 379 g/mol. The minimum atomic E-state index is -0.154. The predicted molar refractivity (Wildman–Crippen MR) is 101 cm³/mol. The summed E-state index contributed by atoms with van der Waals surface area (Å²) in [6.07, 6.45) is 0.662. The number of fused-ring (bicyclic) bond motifs is 1. The Morgan fingerprint density at radius 2 is 2.08 bits per heavy atom. The van der Waals surface area contributed by atoms with Crippen LogP contribution in [0.4, 0.5) is 0 Å². The van der Waals surface area contributed by atoms with E-state index in [1.807, 2.05) is 33.5 Å². The fourth-order valence-electron chi connectivity index (χ4n) is 2.51. The molecule has 0 aliphatic carbocycles. The van der Waals surface area contributed by atoms with Crippen LogP contribution in [0.3, 0.4) is 0 Å². The first-order valence-electron chi connectivity index (χ1n) is 7.90. The fraction of sp³-hybridized carbons (Fsp3) is 0.111. The average molecular weight is 379 g/mol. The van der Waals surface area contributed by atoms with E-state index in [4.69, 9.17) is 5.26 Å². The molecule has 1 amide bonds. The van der Waals surface area contributed by atoms with Gasteiger partial charge in [-0.25, -0.2) is 4.52 Å². The molecule has 0 bridgehead atoms. The highest BCUT2D eigenvalue weighted by molar-refractivity contribution is 7.15. The highest BCUT2D eigenvalue weighted by Gasteiger charge is 2.12. The van der Waals surface area contributed by atoms with Crippen LogP contribution in [0.15, 0.2) is 47.2 Å². The number of nitrogens with one attached hydrogen (secondary N) is 1. The van der Waals surface area contributed by atoms with Gasteiger partial charge < -0.3 is 5.32 Å². The zero-order chi connectivity index (χ0) is 17.9. The van der Waals surface area contributed by atoms with Crippen molar-refractivity contribution in [3.63, 3.8) is 0 Å². The van der Waals surface area contributed by atoms with Gasteiger partial charge in [-0.15, -0.1) is 27.8 Å². The van der Waals surface area contributed by atoms with Crippen LogP contribution < -0.4 is 5.32 Å². The van der Waals surface area contributed by atoms with Gasteiger partial charge >= 0.3 is 0 Å². The molecule has 1 aromatic carbocycles. The van der Waals surface area contributed by atoms with Gasteiger partial charge in [-0.3, -0.25) is 4.79 Å². The van der Waals surface area contributed by atoms with Crippen molar-refractivity contribution >= 4 is 33.5 Å². The van der Waals surface area contributed by atoms with Crippen molar-refractivity contribution in [1.82, 2.24) is 19.9 Å². The number of nitrogens with zero attached hydrogens (tertiary/aromatic N) is 4. The first-order chi connectivity index (χ1) is 12.7. The minimum Gasteiger partial charge on any atom is -0.352 e. The summed E-state index contributed by atoms with van der Waals surface area (Å²) in [5.41, 5.74) is 2.09. The zero-order valence-electron chi connectivity index (χ0n) is 13.5. The van der Waals surface area contributed by atoms with E-state index in [1.54, 1.807) is 46.9 Å². The van der Waals surface area contributed by atoms with E-state index in [1.165, 1.54) is 0 Å². The Balaban J connectivity index is 1.41. The van der Waals surface area contributed by atoms with E-state index >= 15 is 0 Å². The van der Waals surface area contributed by atoms with Crippen LogP contribution in [0.1, 0.15) is 21.6 Å². The number of hydrogen-bond donors (Lipinski definition) is 1. The lowest BCUT2D eigenvalue weighted by Gasteiger charge is -2.04. The van der Waals surface area contributed by atoms with Gasteiger partial charge in [-0.2, -0.15) is 10.2 Å². The smallest absolute Gasteiger partial charge is 0.251 e. The number of nitriles is 1. The number of thiophene rings is 1. The molecule has 0 atom stereocenters. The number of aromatic nitrogens is 3. The van der Waals surface area contributed by atoms with Crippen LogP contribution >= 0.6 is 22.7 Å². The second-order valence-electron chi connectivity index (χ2n) is 5.53. The Bertz CT molecular complexity index is 1090. The molecule has 0 fully saturated rings. The Morgan fingerprint density at radius 3 is 2.81 bits per heavy atom. The first-order valence-corrected chi connectivity index (χ1v) is 9.66. The highest BCUT2D eigenvalue weighted by atomic mass is 32.1. The molecule has 0 unspecified atom stereocenters. The number of carbonyl (C=O) groups excluding carboxylic acids is 1. The molecule has 6 nitrogen and oxygen atoms in total. The van der Waals surface area contributed by atoms with Gasteiger partial charge in [0.1, 0.15) is 0 Å². The molecule has 0 aliphatic rings. The molecule has 4 rings (SSSR count). The summed E-state index contributed by atoms with van der Waals surface area (Å²) >= 11 is 3.15. The molecule has 0 spiro atoms. The van der Waals surface area contributed by atoms with E-state index in [-0.39, 0.29) is 5.91 Å². The molecule has 0 radical (unpaired) electrons. The molecular weight excluding hydrogens is 366 g/mol. The summed E-state index contributed by atoms with van der Waals surface area (Å²) in [5, 5.41) is 20.3. The van der Waals surface area contributed by atoms with Crippen LogP contribution in [0.5, 0.6) is 0 Å². The molecule has 128 valence electrons. The number of thiazole rings is 1. The molecule has 0 saturated heterocycles. The fourth-order valence-corrected chi connectivity index (χ4v) is 4.02. The molecule has 0 aliphatic heterocycles. The summed E-state index contributed by atoms with van der Waals surface area (Å²) < 4.78 is 1.84. The molecule has 3 heterocycles. The van der Waals surface area contributed by atoms with Crippen molar-refractivity contribution in [3.05, 3.63) is 64.0 Å². The van der Waals surface area contributed by atoms with E-state index in [0.717, 1.165) is 21.4 Å². The van der Waals surface area contributed by atoms with E-state index in [0.29, 0.717) is 24.1 Å². The van der Waals surface area contributed by atoms with Gasteiger partial charge in [0.2, 0.25) is 4.96 Å². The maximum atomic E-state index is 12.2. The number of amides is 1. The number of benzene rings is 1. The summed E-state index contributed by atoms with van der Waals surface area (Å²) in [5.74, 6) is 0.577. The molecule has 4 aromatic rings. The quantitative estimate of drug-likeness (QED) is 0.576. The third-order valence-corrected chi connectivity index (χ3v) is 5.57. The van der Waals surface area contributed by atoms with Crippen LogP contribution in [-0.2, 0) is 6.42 Å². The van der Waals surface area contributed by atoms with Crippen LogP contribution in [0.25, 0.3) is 15.7 Å². The van der Waals surface area contributed by atoms with Crippen molar-refractivity contribution in [2.45, 2.75) is 6.42 Å². The summed E-state index contributed by atoms with van der Waals surface area (Å²) in [7, 11) is 0. The van der Waals surface area contributed by atoms with Crippen molar-refractivity contribution in [1.29, 1.82) is 5.26 Å². The largest absolute Gasteiger partial charge is 0.352 e. The van der Waals surface area contributed by atoms with Crippen LogP contribution in [0, 0.1) is 11.3 Å². The average Bonchev–Trinajstić information content (AvgIpc) is 3.39. The van der Waals surface area contributed by atoms with Crippen molar-refractivity contribution in [3.8, 4) is 16.8 Å². The zero-order valence-corrected chi connectivity index (χ0v) is 15.2.